The van der Waals surface area contributed by atoms with Crippen LogP contribution in [-0.2, 0) is 9.47 Å². The molecule has 0 aromatic carbocycles. The molecule has 0 saturated heterocycles. The van der Waals surface area contributed by atoms with E-state index in [1.165, 1.54) is 0 Å². The topological polar surface area (TPSA) is 66.0 Å². The highest BCUT2D eigenvalue weighted by Crippen LogP contribution is 2.07. The first-order valence-corrected chi connectivity index (χ1v) is 3.82. The van der Waals surface area contributed by atoms with Crippen LogP contribution in [0, 0.1) is 28.6 Å². The van der Waals surface area contributed by atoms with Crippen molar-refractivity contribution in [2.75, 3.05) is 13.2 Å². The van der Waals surface area contributed by atoms with Crippen LogP contribution in [0.4, 0.5) is 0 Å². The summed E-state index contributed by atoms with van der Waals surface area (Å²) < 4.78 is 10.1. The largest absolute Gasteiger partial charge is 0.350 e. The normalized spacial score (nSPS) is 9.83. The number of rotatable bonds is 5. The lowest BCUT2D eigenvalue weighted by Gasteiger charge is -2.16. The highest BCUT2D eigenvalue weighted by Gasteiger charge is 2.20. The van der Waals surface area contributed by atoms with Crippen LogP contribution in [0.1, 0.15) is 13.8 Å². The summed E-state index contributed by atoms with van der Waals surface area (Å²) in [7, 11) is 0. The molecule has 0 aliphatic carbocycles. The lowest BCUT2D eigenvalue weighted by atomic mass is 10.2. The van der Waals surface area contributed by atoms with Gasteiger partial charge in [0.1, 0.15) is 0 Å². The first kappa shape index (κ1) is 10.9. The van der Waals surface area contributed by atoms with E-state index in [0.29, 0.717) is 13.2 Å². The van der Waals surface area contributed by atoms with Crippen molar-refractivity contribution in [2.24, 2.45) is 5.92 Å². The lowest BCUT2D eigenvalue weighted by Crippen LogP contribution is -2.25. The summed E-state index contributed by atoms with van der Waals surface area (Å²) in [4.78, 5) is 0. The van der Waals surface area contributed by atoms with Gasteiger partial charge in [-0.05, 0) is 13.8 Å². The monoisotopic (exact) mass is 168 g/mol. The molecule has 0 N–H and O–H groups in total. The Balaban J connectivity index is 4.09. The van der Waals surface area contributed by atoms with Crippen molar-refractivity contribution >= 4 is 0 Å². The van der Waals surface area contributed by atoms with Gasteiger partial charge in [0.2, 0.25) is 0 Å². The van der Waals surface area contributed by atoms with Crippen molar-refractivity contribution in [3.8, 4) is 12.1 Å². The van der Waals surface area contributed by atoms with Gasteiger partial charge < -0.3 is 9.47 Å². The van der Waals surface area contributed by atoms with E-state index in [4.69, 9.17) is 20.0 Å². The van der Waals surface area contributed by atoms with E-state index in [9.17, 15) is 0 Å². The maximum atomic E-state index is 8.52. The first-order chi connectivity index (χ1) is 5.79. The average Bonchev–Trinajstić information content (AvgIpc) is 2.07. The average molecular weight is 168 g/mol. The van der Waals surface area contributed by atoms with Gasteiger partial charge in [0, 0.05) is 13.2 Å². The summed E-state index contributed by atoms with van der Waals surface area (Å²) in [6.07, 6.45) is -0.713. The van der Waals surface area contributed by atoms with Crippen molar-refractivity contribution in [3.63, 3.8) is 0 Å². The maximum absolute atomic E-state index is 8.52. The van der Waals surface area contributed by atoms with Gasteiger partial charge in [0.15, 0.2) is 12.2 Å². The SMILES string of the molecule is CCOC(OCC)C(C#N)C#N. The van der Waals surface area contributed by atoms with E-state index in [-0.39, 0.29) is 0 Å². The van der Waals surface area contributed by atoms with Gasteiger partial charge in [0.05, 0.1) is 12.1 Å². The third-order valence-corrected chi connectivity index (χ3v) is 1.21. The van der Waals surface area contributed by atoms with Gasteiger partial charge in [0.25, 0.3) is 0 Å². The van der Waals surface area contributed by atoms with Gasteiger partial charge in [-0.2, -0.15) is 10.5 Å². The fourth-order valence-electron chi connectivity index (χ4n) is 0.720. The van der Waals surface area contributed by atoms with Crippen LogP contribution in [0.15, 0.2) is 0 Å². The van der Waals surface area contributed by atoms with Crippen molar-refractivity contribution < 1.29 is 9.47 Å². The smallest absolute Gasteiger partial charge is 0.186 e. The molecule has 0 aliphatic rings. The number of nitrogens with zero attached hydrogens (tertiary/aromatic N) is 2. The van der Waals surface area contributed by atoms with Crippen molar-refractivity contribution in [2.45, 2.75) is 20.1 Å². The zero-order valence-corrected chi connectivity index (χ0v) is 7.28. The minimum atomic E-state index is -0.843. The number of hydrogen-bond donors (Lipinski definition) is 0. The molecule has 0 amide bonds. The zero-order valence-electron chi connectivity index (χ0n) is 7.28. The molecule has 66 valence electrons. The van der Waals surface area contributed by atoms with Crippen LogP contribution in [0.2, 0.25) is 0 Å². The van der Waals surface area contributed by atoms with Crippen LogP contribution < -0.4 is 0 Å². The fraction of sp³-hybridized carbons (Fsp3) is 0.750. The second kappa shape index (κ2) is 6.60. The Kier molecular flexibility index (Phi) is 6.00. The van der Waals surface area contributed by atoms with Gasteiger partial charge in [-0.25, -0.2) is 0 Å². The minimum Gasteiger partial charge on any atom is -0.350 e. The van der Waals surface area contributed by atoms with E-state index >= 15 is 0 Å². The van der Waals surface area contributed by atoms with Gasteiger partial charge >= 0.3 is 0 Å². The Bertz CT molecular complexity index is 172. The molecule has 4 heteroatoms. The quantitative estimate of drug-likeness (QED) is 0.575. The van der Waals surface area contributed by atoms with E-state index < -0.39 is 12.2 Å². The Morgan fingerprint density at radius 1 is 1.08 bits per heavy atom. The van der Waals surface area contributed by atoms with E-state index in [1.807, 2.05) is 12.1 Å². The summed E-state index contributed by atoms with van der Waals surface area (Å²) in [6, 6.07) is 3.62. The Hall–Kier alpha value is -1.10. The van der Waals surface area contributed by atoms with Crippen LogP contribution in [0.25, 0.3) is 0 Å². The fourth-order valence-corrected chi connectivity index (χ4v) is 0.720. The predicted octanol–water partition coefficient (Wildman–Crippen LogP) is 1.05. The summed E-state index contributed by atoms with van der Waals surface area (Å²) in [6.45, 7) is 4.45. The Labute approximate surface area is 72.3 Å². The summed E-state index contributed by atoms with van der Waals surface area (Å²) in [5, 5.41) is 17.0. The molecule has 0 aromatic heterocycles. The maximum Gasteiger partial charge on any atom is 0.186 e. The lowest BCUT2D eigenvalue weighted by molar-refractivity contribution is -0.146. The molecule has 0 unspecified atom stereocenters. The van der Waals surface area contributed by atoms with Crippen LogP contribution in [0.3, 0.4) is 0 Å². The molecule has 0 spiro atoms. The molecule has 0 radical (unpaired) electrons. The number of hydrogen-bond acceptors (Lipinski definition) is 4. The Morgan fingerprint density at radius 2 is 1.50 bits per heavy atom. The molecule has 0 atom stereocenters. The third-order valence-electron chi connectivity index (χ3n) is 1.21. The molecule has 0 aliphatic heterocycles. The summed E-state index contributed by atoms with van der Waals surface area (Å²) in [5.41, 5.74) is 0. The van der Waals surface area contributed by atoms with Crippen molar-refractivity contribution in [1.29, 1.82) is 10.5 Å². The number of ether oxygens (including phenoxy) is 2. The molecule has 0 aromatic rings. The standard InChI is InChI=1S/C8H12N2O2/c1-3-11-8(12-4-2)7(5-9)6-10/h7-8H,3-4H2,1-2H3. The minimum absolute atomic E-state index is 0.435. The molecular weight excluding hydrogens is 156 g/mol. The van der Waals surface area contributed by atoms with Crippen LogP contribution in [-0.4, -0.2) is 19.5 Å². The molecule has 0 saturated carbocycles. The third kappa shape index (κ3) is 3.34. The second-order valence-corrected chi connectivity index (χ2v) is 2.01. The van der Waals surface area contributed by atoms with Gasteiger partial charge in [-0.1, -0.05) is 0 Å². The summed E-state index contributed by atoms with van der Waals surface area (Å²) in [5.74, 6) is -0.843. The van der Waals surface area contributed by atoms with Crippen LogP contribution in [0.5, 0.6) is 0 Å². The zero-order chi connectivity index (χ0) is 9.40. The Morgan fingerprint density at radius 3 is 1.75 bits per heavy atom. The molecule has 0 heterocycles. The molecule has 4 nitrogen and oxygen atoms in total. The highest BCUT2D eigenvalue weighted by molar-refractivity contribution is 5.01. The van der Waals surface area contributed by atoms with E-state index in [1.54, 1.807) is 13.8 Å². The first-order valence-electron chi connectivity index (χ1n) is 3.82. The molecule has 0 rings (SSSR count). The van der Waals surface area contributed by atoms with E-state index in [0.717, 1.165) is 0 Å². The van der Waals surface area contributed by atoms with Crippen molar-refractivity contribution in [1.82, 2.24) is 0 Å². The molecule has 0 bridgehead atoms. The van der Waals surface area contributed by atoms with Crippen molar-refractivity contribution in [3.05, 3.63) is 0 Å². The predicted molar refractivity (Wildman–Crippen MR) is 41.8 cm³/mol. The van der Waals surface area contributed by atoms with Crippen LogP contribution >= 0.6 is 0 Å². The summed E-state index contributed by atoms with van der Waals surface area (Å²) >= 11 is 0. The molecular formula is C8H12N2O2. The highest BCUT2D eigenvalue weighted by atomic mass is 16.7. The number of nitriles is 2. The molecule has 12 heavy (non-hydrogen) atoms. The second-order valence-electron chi connectivity index (χ2n) is 2.01. The van der Waals surface area contributed by atoms with E-state index in [2.05, 4.69) is 0 Å². The van der Waals surface area contributed by atoms with Gasteiger partial charge in [-0.15, -0.1) is 0 Å². The molecule has 0 fully saturated rings. The van der Waals surface area contributed by atoms with Gasteiger partial charge in [-0.3, -0.25) is 0 Å².